The lowest BCUT2D eigenvalue weighted by Gasteiger charge is -2.14. The van der Waals surface area contributed by atoms with E-state index in [1.807, 2.05) is 6.92 Å². The molecule has 0 spiro atoms. The molecule has 5 heteroatoms. The highest BCUT2D eigenvalue weighted by molar-refractivity contribution is 7.10. The van der Waals surface area contributed by atoms with Crippen molar-refractivity contribution in [3.05, 3.63) is 28.7 Å². The molecule has 0 bridgehead atoms. The van der Waals surface area contributed by atoms with E-state index in [9.17, 15) is 4.79 Å². The van der Waals surface area contributed by atoms with E-state index >= 15 is 0 Å². The quantitative estimate of drug-likeness (QED) is 0.609. The van der Waals surface area contributed by atoms with Gasteiger partial charge in [0.2, 0.25) is 0 Å². The van der Waals surface area contributed by atoms with Gasteiger partial charge >= 0.3 is 5.97 Å². The summed E-state index contributed by atoms with van der Waals surface area (Å²) in [5, 5.41) is 3.04. The number of rotatable bonds is 5. The van der Waals surface area contributed by atoms with Gasteiger partial charge in [-0.05, 0) is 6.92 Å². The van der Waals surface area contributed by atoms with E-state index in [0.717, 1.165) is 10.6 Å². The first-order chi connectivity index (χ1) is 7.20. The molecule has 0 aromatic carbocycles. The Hall–Kier alpha value is -1.20. The molecule has 15 heavy (non-hydrogen) atoms. The summed E-state index contributed by atoms with van der Waals surface area (Å²) in [4.78, 5) is 16.5. The normalized spacial score (nSPS) is 12.1. The smallest absolute Gasteiger partial charge is 0.328 e. The molecule has 0 amide bonds. The molecule has 4 nitrogen and oxygen atoms in total. The summed E-state index contributed by atoms with van der Waals surface area (Å²) in [6.07, 6.45) is 1.70. The third-order valence-electron chi connectivity index (χ3n) is 1.95. The van der Waals surface area contributed by atoms with Crippen LogP contribution in [-0.2, 0) is 9.53 Å². The second-order valence-corrected chi connectivity index (χ2v) is 3.84. The Morgan fingerprint density at radius 2 is 2.60 bits per heavy atom. The second kappa shape index (κ2) is 5.63. The van der Waals surface area contributed by atoms with E-state index in [2.05, 4.69) is 16.9 Å². The van der Waals surface area contributed by atoms with Crippen molar-refractivity contribution in [1.29, 1.82) is 0 Å². The van der Waals surface area contributed by atoms with Gasteiger partial charge in [0, 0.05) is 6.54 Å². The molecule has 82 valence electrons. The van der Waals surface area contributed by atoms with E-state index in [-0.39, 0.29) is 5.97 Å². The van der Waals surface area contributed by atoms with Gasteiger partial charge in [0.05, 0.1) is 23.2 Å². The zero-order valence-corrected chi connectivity index (χ0v) is 9.63. The van der Waals surface area contributed by atoms with Crippen molar-refractivity contribution in [3.8, 4) is 0 Å². The molecule has 0 saturated heterocycles. The number of hydrogen-bond acceptors (Lipinski definition) is 5. The largest absolute Gasteiger partial charge is 0.468 e. The lowest BCUT2D eigenvalue weighted by atomic mass is 10.2. The lowest BCUT2D eigenvalue weighted by molar-refractivity contribution is -0.143. The molecule has 0 saturated carbocycles. The van der Waals surface area contributed by atoms with E-state index in [0.29, 0.717) is 6.54 Å². The number of thiazole rings is 1. The number of carbonyl (C=O) groups excluding carboxylic acids is 1. The Bertz CT molecular complexity index is 349. The summed E-state index contributed by atoms with van der Waals surface area (Å²) in [5.41, 5.74) is 2.57. The fraction of sp³-hybridized carbons (Fsp3) is 0.400. The number of nitrogens with one attached hydrogen (secondary N) is 1. The first-order valence-electron chi connectivity index (χ1n) is 4.52. The van der Waals surface area contributed by atoms with Crippen LogP contribution in [0.5, 0.6) is 0 Å². The molecule has 0 radical (unpaired) electrons. The number of hydrogen-bond donors (Lipinski definition) is 1. The Balaban J connectivity index is 2.85. The van der Waals surface area contributed by atoms with Crippen LogP contribution >= 0.6 is 11.3 Å². The molecule has 1 N–H and O–H groups in total. The Labute approximate surface area is 93.0 Å². The van der Waals surface area contributed by atoms with Gasteiger partial charge < -0.3 is 4.74 Å². The molecular formula is C10H14N2O2S. The van der Waals surface area contributed by atoms with Crippen LogP contribution in [0.15, 0.2) is 18.2 Å². The molecule has 0 aliphatic rings. The highest BCUT2D eigenvalue weighted by Crippen LogP contribution is 2.22. The highest BCUT2D eigenvalue weighted by atomic mass is 32.1. The average molecular weight is 226 g/mol. The minimum atomic E-state index is -0.444. The number of ether oxygens (including phenoxy) is 1. The third kappa shape index (κ3) is 2.87. The van der Waals surface area contributed by atoms with Gasteiger partial charge in [-0.15, -0.1) is 17.9 Å². The number of aryl methyl sites for hydroxylation is 1. The van der Waals surface area contributed by atoms with Crippen LogP contribution in [-0.4, -0.2) is 24.6 Å². The van der Waals surface area contributed by atoms with Crippen LogP contribution in [0.4, 0.5) is 0 Å². The highest BCUT2D eigenvalue weighted by Gasteiger charge is 2.23. The van der Waals surface area contributed by atoms with E-state index < -0.39 is 6.04 Å². The van der Waals surface area contributed by atoms with Crippen molar-refractivity contribution in [3.63, 3.8) is 0 Å². The monoisotopic (exact) mass is 226 g/mol. The number of nitrogens with zero attached hydrogens (tertiary/aromatic N) is 1. The van der Waals surface area contributed by atoms with Crippen LogP contribution in [0.3, 0.4) is 0 Å². The second-order valence-electron chi connectivity index (χ2n) is 2.96. The molecule has 1 unspecified atom stereocenters. The van der Waals surface area contributed by atoms with E-state index in [1.165, 1.54) is 18.4 Å². The third-order valence-corrected chi connectivity index (χ3v) is 2.94. The van der Waals surface area contributed by atoms with Crippen LogP contribution in [0.25, 0.3) is 0 Å². The maximum absolute atomic E-state index is 11.5. The van der Waals surface area contributed by atoms with Gasteiger partial charge in [0.15, 0.2) is 0 Å². The molecule has 1 heterocycles. The molecular weight excluding hydrogens is 212 g/mol. The SMILES string of the molecule is C=CCNC(C(=O)OC)c1scnc1C. The van der Waals surface area contributed by atoms with Gasteiger partial charge in [-0.3, -0.25) is 5.32 Å². The number of aromatic nitrogens is 1. The molecule has 0 fully saturated rings. The number of esters is 1. The van der Waals surface area contributed by atoms with Crippen molar-refractivity contribution < 1.29 is 9.53 Å². The first-order valence-corrected chi connectivity index (χ1v) is 5.40. The van der Waals surface area contributed by atoms with Crippen molar-refractivity contribution in [2.24, 2.45) is 0 Å². The number of carbonyl (C=O) groups is 1. The Kier molecular flexibility index (Phi) is 4.45. The summed E-state index contributed by atoms with van der Waals surface area (Å²) in [7, 11) is 1.38. The van der Waals surface area contributed by atoms with Gasteiger partial charge in [-0.1, -0.05) is 6.08 Å². The summed E-state index contributed by atoms with van der Waals surface area (Å²) in [6.45, 7) is 6.02. The zero-order valence-electron chi connectivity index (χ0n) is 8.82. The van der Waals surface area contributed by atoms with E-state index in [4.69, 9.17) is 4.74 Å². The molecule has 0 aliphatic heterocycles. The van der Waals surface area contributed by atoms with Gasteiger partial charge in [0.1, 0.15) is 6.04 Å². The van der Waals surface area contributed by atoms with Crippen LogP contribution in [0.1, 0.15) is 16.6 Å². The summed E-state index contributed by atoms with van der Waals surface area (Å²) in [5.74, 6) is -0.302. The predicted molar refractivity (Wildman–Crippen MR) is 59.8 cm³/mol. The average Bonchev–Trinajstić information content (AvgIpc) is 2.65. The predicted octanol–water partition coefficient (Wildman–Crippen LogP) is 1.44. The molecule has 1 atom stereocenters. The summed E-state index contributed by atoms with van der Waals surface area (Å²) in [6, 6.07) is -0.444. The van der Waals surface area contributed by atoms with Crippen molar-refractivity contribution in [2.75, 3.05) is 13.7 Å². The molecule has 1 aromatic heterocycles. The first kappa shape index (κ1) is 11.9. The standard InChI is InChI=1S/C10H14N2O2S/c1-4-5-11-8(10(13)14-3)9-7(2)12-6-15-9/h4,6,8,11H,1,5H2,2-3H3. The fourth-order valence-electron chi connectivity index (χ4n) is 1.19. The Morgan fingerprint density at radius 1 is 1.87 bits per heavy atom. The van der Waals surface area contributed by atoms with Gasteiger partial charge in [-0.25, -0.2) is 9.78 Å². The van der Waals surface area contributed by atoms with Crippen LogP contribution in [0.2, 0.25) is 0 Å². The van der Waals surface area contributed by atoms with Crippen molar-refractivity contribution >= 4 is 17.3 Å². The number of methoxy groups -OCH3 is 1. The van der Waals surface area contributed by atoms with Crippen LogP contribution in [0, 0.1) is 6.92 Å². The van der Waals surface area contributed by atoms with E-state index in [1.54, 1.807) is 11.6 Å². The molecule has 1 rings (SSSR count). The van der Waals surface area contributed by atoms with Crippen LogP contribution < -0.4 is 5.32 Å². The summed E-state index contributed by atoms with van der Waals surface area (Å²) < 4.78 is 4.73. The molecule has 0 aliphatic carbocycles. The minimum absolute atomic E-state index is 0.302. The van der Waals surface area contributed by atoms with Crippen molar-refractivity contribution in [2.45, 2.75) is 13.0 Å². The van der Waals surface area contributed by atoms with Crippen molar-refractivity contribution in [1.82, 2.24) is 10.3 Å². The zero-order chi connectivity index (χ0) is 11.3. The van der Waals surface area contributed by atoms with Gasteiger partial charge in [0.25, 0.3) is 0 Å². The maximum atomic E-state index is 11.5. The minimum Gasteiger partial charge on any atom is -0.468 e. The topological polar surface area (TPSA) is 51.2 Å². The summed E-state index contributed by atoms with van der Waals surface area (Å²) >= 11 is 1.44. The fourth-order valence-corrected chi connectivity index (χ4v) is 2.05. The van der Waals surface area contributed by atoms with Gasteiger partial charge in [-0.2, -0.15) is 0 Å². The lowest BCUT2D eigenvalue weighted by Crippen LogP contribution is -2.29. The molecule has 1 aromatic rings. The Morgan fingerprint density at radius 3 is 3.07 bits per heavy atom. The maximum Gasteiger partial charge on any atom is 0.328 e.